The molecule has 5 nitrogen and oxygen atoms in total. The quantitative estimate of drug-likeness (QED) is 0.875. The molecule has 1 aliphatic rings. The van der Waals surface area contributed by atoms with E-state index >= 15 is 0 Å². The Labute approximate surface area is 105 Å². The molecule has 1 aliphatic heterocycles. The molecular formula is C11H18N4OS. The molecule has 1 saturated heterocycles. The van der Waals surface area contributed by atoms with Gasteiger partial charge in [0, 0.05) is 12.6 Å². The molecule has 0 aliphatic carbocycles. The van der Waals surface area contributed by atoms with Crippen molar-refractivity contribution in [2.45, 2.75) is 31.7 Å². The first-order valence-electron chi connectivity index (χ1n) is 6.06. The van der Waals surface area contributed by atoms with Crippen LogP contribution in [0.4, 0.5) is 0 Å². The van der Waals surface area contributed by atoms with Crippen molar-refractivity contribution >= 4 is 17.4 Å². The Bertz CT molecular complexity index is 354. The van der Waals surface area contributed by atoms with Crippen LogP contribution in [0, 0.1) is 0 Å². The number of piperidine rings is 1. The van der Waals surface area contributed by atoms with Crippen LogP contribution in [0.1, 0.15) is 35.4 Å². The third-order valence-corrected chi connectivity index (χ3v) is 3.84. The molecule has 1 aromatic rings. The number of carbonyl (C=O) groups excluding carboxylic acids is 1. The second kappa shape index (κ2) is 6.07. The number of hydrogen-bond donors (Lipinski definition) is 1. The van der Waals surface area contributed by atoms with E-state index in [9.17, 15) is 4.79 Å². The summed E-state index contributed by atoms with van der Waals surface area (Å²) in [7, 11) is 1.95. The van der Waals surface area contributed by atoms with E-state index < -0.39 is 0 Å². The topological polar surface area (TPSA) is 58.1 Å². The number of amides is 1. The Hall–Kier alpha value is -1.01. The van der Waals surface area contributed by atoms with Gasteiger partial charge in [-0.05, 0) is 50.8 Å². The van der Waals surface area contributed by atoms with E-state index in [0.29, 0.717) is 10.9 Å². The lowest BCUT2D eigenvalue weighted by Gasteiger charge is -2.35. The van der Waals surface area contributed by atoms with Crippen molar-refractivity contribution in [2.75, 3.05) is 20.1 Å². The number of aromatic nitrogens is 2. The van der Waals surface area contributed by atoms with E-state index in [4.69, 9.17) is 0 Å². The molecule has 0 spiro atoms. The van der Waals surface area contributed by atoms with E-state index in [1.54, 1.807) is 6.20 Å². The molecule has 6 heteroatoms. The molecule has 1 fully saturated rings. The van der Waals surface area contributed by atoms with Crippen LogP contribution in [0.25, 0.3) is 0 Å². The molecule has 1 atom stereocenters. The third-order valence-electron chi connectivity index (χ3n) is 3.19. The first kappa shape index (κ1) is 12.4. The maximum Gasteiger partial charge on any atom is 0.267 e. The van der Waals surface area contributed by atoms with Crippen molar-refractivity contribution in [1.29, 1.82) is 0 Å². The van der Waals surface area contributed by atoms with E-state index in [1.807, 2.05) is 11.9 Å². The SMILES string of the molecule is CNCCC1CCCCN1C(=O)c1cnns1. The lowest BCUT2D eigenvalue weighted by atomic mass is 9.99. The molecule has 2 rings (SSSR count). The van der Waals surface area contributed by atoms with Crippen LogP contribution in [0.5, 0.6) is 0 Å². The van der Waals surface area contributed by atoms with Gasteiger partial charge >= 0.3 is 0 Å². The van der Waals surface area contributed by atoms with Gasteiger partial charge in [-0.25, -0.2) is 0 Å². The van der Waals surface area contributed by atoms with Gasteiger partial charge in [0.25, 0.3) is 5.91 Å². The molecule has 0 saturated carbocycles. The number of likely N-dealkylation sites (tertiary alicyclic amines) is 1. The highest BCUT2D eigenvalue weighted by molar-refractivity contribution is 7.07. The Morgan fingerprint density at radius 3 is 3.24 bits per heavy atom. The van der Waals surface area contributed by atoms with Gasteiger partial charge in [0.15, 0.2) is 0 Å². The largest absolute Gasteiger partial charge is 0.335 e. The summed E-state index contributed by atoms with van der Waals surface area (Å²) in [5.74, 6) is 0.0980. The van der Waals surface area contributed by atoms with Crippen LogP contribution in [-0.2, 0) is 0 Å². The molecule has 1 aromatic heterocycles. The molecule has 1 unspecified atom stereocenters. The van der Waals surface area contributed by atoms with Crippen molar-refractivity contribution in [3.05, 3.63) is 11.1 Å². The lowest BCUT2D eigenvalue weighted by molar-refractivity contribution is 0.0607. The van der Waals surface area contributed by atoms with Crippen molar-refractivity contribution in [1.82, 2.24) is 19.8 Å². The fourth-order valence-corrected chi connectivity index (χ4v) is 2.75. The van der Waals surface area contributed by atoms with E-state index in [2.05, 4.69) is 14.9 Å². The molecule has 1 N–H and O–H groups in total. The van der Waals surface area contributed by atoms with Crippen LogP contribution in [0.15, 0.2) is 6.20 Å². The maximum atomic E-state index is 12.3. The van der Waals surface area contributed by atoms with Crippen LogP contribution >= 0.6 is 11.5 Å². The summed E-state index contributed by atoms with van der Waals surface area (Å²) in [5.41, 5.74) is 0. The monoisotopic (exact) mass is 254 g/mol. The first-order chi connectivity index (χ1) is 8.33. The van der Waals surface area contributed by atoms with Crippen molar-refractivity contribution in [2.24, 2.45) is 0 Å². The van der Waals surface area contributed by atoms with Gasteiger partial charge in [0.05, 0.1) is 6.20 Å². The minimum Gasteiger partial charge on any atom is -0.335 e. The van der Waals surface area contributed by atoms with Gasteiger partial charge < -0.3 is 10.2 Å². The number of nitrogens with zero attached hydrogens (tertiary/aromatic N) is 3. The fraction of sp³-hybridized carbons (Fsp3) is 0.727. The van der Waals surface area contributed by atoms with Crippen molar-refractivity contribution in [3.8, 4) is 0 Å². The van der Waals surface area contributed by atoms with E-state index in [1.165, 1.54) is 18.0 Å². The highest BCUT2D eigenvalue weighted by atomic mass is 32.1. The molecule has 0 aromatic carbocycles. The molecule has 0 bridgehead atoms. The van der Waals surface area contributed by atoms with E-state index in [-0.39, 0.29) is 5.91 Å². The Morgan fingerprint density at radius 2 is 2.53 bits per heavy atom. The standard InChI is InChI=1S/C11H18N4OS/c1-12-6-5-9-4-2-3-7-15(9)11(16)10-8-13-14-17-10/h8-9,12H,2-7H2,1H3. The van der Waals surface area contributed by atoms with Crippen LogP contribution < -0.4 is 5.32 Å². The second-order valence-electron chi connectivity index (χ2n) is 4.32. The summed E-state index contributed by atoms with van der Waals surface area (Å²) in [5, 5.41) is 6.88. The average molecular weight is 254 g/mol. The Morgan fingerprint density at radius 1 is 1.65 bits per heavy atom. The van der Waals surface area contributed by atoms with Gasteiger partial charge in [-0.1, -0.05) is 4.49 Å². The van der Waals surface area contributed by atoms with Gasteiger partial charge in [0.2, 0.25) is 0 Å². The van der Waals surface area contributed by atoms with Crippen LogP contribution in [0.3, 0.4) is 0 Å². The summed E-state index contributed by atoms with van der Waals surface area (Å²) in [6.45, 7) is 1.82. The van der Waals surface area contributed by atoms with Crippen molar-refractivity contribution in [3.63, 3.8) is 0 Å². The zero-order valence-corrected chi connectivity index (χ0v) is 10.9. The normalized spacial score (nSPS) is 20.5. The molecular weight excluding hydrogens is 236 g/mol. The maximum absolute atomic E-state index is 12.3. The number of carbonyl (C=O) groups is 1. The molecule has 0 radical (unpaired) electrons. The predicted molar refractivity (Wildman–Crippen MR) is 67.1 cm³/mol. The highest BCUT2D eigenvalue weighted by Gasteiger charge is 2.27. The zero-order chi connectivity index (χ0) is 12.1. The smallest absolute Gasteiger partial charge is 0.267 e. The Kier molecular flexibility index (Phi) is 4.44. The van der Waals surface area contributed by atoms with Crippen molar-refractivity contribution < 1.29 is 4.79 Å². The minimum atomic E-state index is 0.0980. The van der Waals surface area contributed by atoms with Gasteiger partial charge in [-0.15, -0.1) is 5.10 Å². The molecule has 17 heavy (non-hydrogen) atoms. The summed E-state index contributed by atoms with van der Waals surface area (Å²) in [4.78, 5) is 14.9. The molecule has 2 heterocycles. The number of rotatable bonds is 4. The predicted octanol–water partition coefficient (Wildman–Crippen LogP) is 1.14. The fourth-order valence-electron chi connectivity index (χ4n) is 2.28. The van der Waals surface area contributed by atoms with Gasteiger partial charge in [0.1, 0.15) is 4.88 Å². The number of hydrogen-bond acceptors (Lipinski definition) is 5. The van der Waals surface area contributed by atoms with Crippen LogP contribution in [0.2, 0.25) is 0 Å². The minimum absolute atomic E-state index is 0.0980. The summed E-state index contributed by atoms with van der Waals surface area (Å²) in [6, 6.07) is 0.366. The second-order valence-corrected chi connectivity index (χ2v) is 5.11. The summed E-state index contributed by atoms with van der Waals surface area (Å²) in [6.07, 6.45) is 6.03. The lowest BCUT2D eigenvalue weighted by Crippen LogP contribution is -2.44. The molecule has 1 amide bonds. The molecule has 94 valence electrons. The number of nitrogens with one attached hydrogen (secondary N) is 1. The summed E-state index contributed by atoms with van der Waals surface area (Å²) >= 11 is 1.18. The van der Waals surface area contributed by atoms with Crippen LogP contribution in [-0.4, -0.2) is 46.6 Å². The average Bonchev–Trinajstić information content (AvgIpc) is 2.89. The summed E-state index contributed by atoms with van der Waals surface area (Å²) < 4.78 is 3.76. The van der Waals surface area contributed by atoms with Gasteiger partial charge in [-0.3, -0.25) is 4.79 Å². The Balaban J connectivity index is 2.03. The third kappa shape index (κ3) is 3.01. The van der Waals surface area contributed by atoms with E-state index in [0.717, 1.165) is 32.4 Å². The highest BCUT2D eigenvalue weighted by Crippen LogP contribution is 2.22. The van der Waals surface area contributed by atoms with Gasteiger partial charge in [-0.2, -0.15) is 0 Å². The first-order valence-corrected chi connectivity index (χ1v) is 6.83. The zero-order valence-electron chi connectivity index (χ0n) is 10.1.